The van der Waals surface area contributed by atoms with Crippen molar-refractivity contribution >= 4 is 26.7 Å². The Morgan fingerprint density at radius 2 is 1.09 bits per heavy atom. The van der Waals surface area contributed by atoms with Crippen molar-refractivity contribution in [3.63, 3.8) is 0 Å². The fourth-order valence-electron chi connectivity index (χ4n) is 5.21. The molecule has 0 aliphatic carbocycles. The molecule has 47 heavy (non-hydrogen) atoms. The third-order valence-corrected chi connectivity index (χ3v) is 10.9. The van der Waals surface area contributed by atoms with Crippen molar-refractivity contribution in [2.75, 3.05) is 32.2 Å². The molecule has 0 bridgehead atoms. The van der Waals surface area contributed by atoms with Crippen molar-refractivity contribution in [1.29, 1.82) is 0 Å². The summed E-state index contributed by atoms with van der Waals surface area (Å²) in [5, 5.41) is 0. The van der Waals surface area contributed by atoms with Crippen LogP contribution in [0.3, 0.4) is 0 Å². The number of benzene rings is 4. The SMILES string of the molecule is CN(C)c1ccc([S+](c2ccc(OC3CCCCO3)cc2)c2ccc(OC3CCCCO3)cc2)cc1.Cc1ccc(S(=O)(=O)[O-])cc1. The zero-order chi connectivity index (χ0) is 33.2. The van der Waals surface area contributed by atoms with Crippen LogP contribution >= 0.6 is 0 Å². The number of anilines is 1. The Balaban J connectivity index is 0.000000335. The molecule has 250 valence electrons. The van der Waals surface area contributed by atoms with Gasteiger partial charge in [0.15, 0.2) is 27.3 Å². The molecule has 2 heterocycles. The van der Waals surface area contributed by atoms with E-state index in [0.717, 1.165) is 68.8 Å². The minimum atomic E-state index is -4.27. The molecule has 2 unspecified atom stereocenters. The molecule has 4 aromatic carbocycles. The quantitative estimate of drug-likeness (QED) is 0.132. The predicted molar refractivity (Wildman–Crippen MR) is 183 cm³/mol. The number of hydrogen-bond acceptors (Lipinski definition) is 8. The van der Waals surface area contributed by atoms with Gasteiger partial charge < -0.3 is 28.4 Å². The first-order valence-electron chi connectivity index (χ1n) is 16.0. The maximum atomic E-state index is 10.4. The molecule has 2 atom stereocenters. The fraction of sp³-hybridized carbons (Fsp3) is 0.351. The molecule has 0 N–H and O–H groups in total. The first kappa shape index (κ1) is 34.8. The van der Waals surface area contributed by atoms with E-state index < -0.39 is 10.1 Å². The third-order valence-electron chi connectivity index (χ3n) is 7.83. The molecule has 0 spiro atoms. The summed E-state index contributed by atoms with van der Waals surface area (Å²) in [5.74, 6) is 1.71. The van der Waals surface area contributed by atoms with Crippen LogP contribution in [0.1, 0.15) is 44.1 Å². The van der Waals surface area contributed by atoms with E-state index in [1.807, 2.05) is 6.92 Å². The molecule has 0 radical (unpaired) electrons. The first-order valence-corrected chi connectivity index (χ1v) is 18.6. The van der Waals surface area contributed by atoms with E-state index in [9.17, 15) is 13.0 Å². The summed E-state index contributed by atoms with van der Waals surface area (Å²) in [6.45, 7) is 3.38. The Morgan fingerprint density at radius 3 is 1.45 bits per heavy atom. The highest BCUT2D eigenvalue weighted by Gasteiger charge is 2.29. The largest absolute Gasteiger partial charge is 0.744 e. The molecule has 8 nitrogen and oxygen atoms in total. The van der Waals surface area contributed by atoms with Crippen molar-refractivity contribution in [1.82, 2.24) is 0 Å². The van der Waals surface area contributed by atoms with Crippen molar-refractivity contribution in [2.45, 2.75) is 77.6 Å². The molecule has 4 aromatic rings. The van der Waals surface area contributed by atoms with E-state index in [1.165, 1.54) is 32.5 Å². The molecule has 2 aliphatic heterocycles. The van der Waals surface area contributed by atoms with Crippen LogP contribution in [-0.4, -0.2) is 52.9 Å². The van der Waals surface area contributed by atoms with Crippen LogP contribution in [0, 0.1) is 6.92 Å². The predicted octanol–water partition coefficient (Wildman–Crippen LogP) is 7.56. The number of hydrogen-bond donors (Lipinski definition) is 0. The van der Waals surface area contributed by atoms with Gasteiger partial charge in [0.2, 0.25) is 0 Å². The second kappa shape index (κ2) is 16.5. The molecule has 10 heteroatoms. The van der Waals surface area contributed by atoms with Gasteiger partial charge in [-0.2, -0.15) is 0 Å². The van der Waals surface area contributed by atoms with E-state index in [2.05, 4.69) is 91.8 Å². The van der Waals surface area contributed by atoms with Crippen molar-refractivity contribution in [2.24, 2.45) is 0 Å². The van der Waals surface area contributed by atoms with Crippen LogP contribution in [0.2, 0.25) is 0 Å². The highest BCUT2D eigenvalue weighted by molar-refractivity contribution is 7.97. The van der Waals surface area contributed by atoms with Gasteiger partial charge in [-0.1, -0.05) is 17.7 Å². The van der Waals surface area contributed by atoms with Gasteiger partial charge >= 0.3 is 0 Å². The van der Waals surface area contributed by atoms with Gasteiger partial charge in [-0.05, 0) is 118 Å². The van der Waals surface area contributed by atoms with Gasteiger partial charge in [-0.3, -0.25) is 0 Å². The van der Waals surface area contributed by atoms with Crippen molar-refractivity contribution in [3.8, 4) is 11.5 Å². The lowest BCUT2D eigenvalue weighted by Crippen LogP contribution is -2.25. The highest BCUT2D eigenvalue weighted by atomic mass is 32.2. The van der Waals surface area contributed by atoms with Crippen LogP contribution in [0.4, 0.5) is 5.69 Å². The molecular weight excluding hydrogens is 635 g/mol. The molecule has 2 saturated heterocycles. The first-order chi connectivity index (χ1) is 22.7. The summed E-state index contributed by atoms with van der Waals surface area (Å²) in [6.07, 6.45) is 6.17. The maximum Gasteiger partial charge on any atom is 0.199 e. The van der Waals surface area contributed by atoms with E-state index in [0.29, 0.717) is 0 Å². The molecule has 2 fully saturated rings. The Kier molecular flexibility index (Phi) is 12.2. The average molecular weight is 678 g/mol. The Bertz CT molecular complexity index is 1570. The summed E-state index contributed by atoms with van der Waals surface area (Å²) in [4.78, 5) is 5.71. The lowest BCUT2D eigenvalue weighted by Gasteiger charge is -2.23. The number of nitrogens with zero attached hydrogens (tertiary/aromatic N) is 1. The number of aryl methyl sites for hydroxylation is 1. The van der Waals surface area contributed by atoms with Crippen LogP contribution in [0.15, 0.2) is 117 Å². The van der Waals surface area contributed by atoms with Crippen LogP contribution < -0.4 is 14.4 Å². The van der Waals surface area contributed by atoms with Crippen LogP contribution in [0.25, 0.3) is 0 Å². The number of rotatable bonds is 9. The second-order valence-corrected chi connectivity index (χ2v) is 15.1. The summed E-state index contributed by atoms with van der Waals surface area (Å²) < 4.78 is 54.8. The molecule has 0 amide bonds. The van der Waals surface area contributed by atoms with Crippen molar-refractivity contribution < 1.29 is 31.9 Å². The van der Waals surface area contributed by atoms with E-state index in [4.69, 9.17) is 18.9 Å². The van der Waals surface area contributed by atoms with Gasteiger partial charge in [-0.25, -0.2) is 8.42 Å². The van der Waals surface area contributed by atoms with Gasteiger partial charge in [0.05, 0.1) is 29.0 Å². The normalized spacial score (nSPS) is 18.7. The minimum absolute atomic E-state index is 0.137. The lowest BCUT2D eigenvalue weighted by atomic mass is 10.2. The molecule has 6 rings (SSSR count). The monoisotopic (exact) mass is 677 g/mol. The van der Waals surface area contributed by atoms with Crippen molar-refractivity contribution in [3.05, 3.63) is 103 Å². The van der Waals surface area contributed by atoms with E-state index in [-0.39, 0.29) is 28.4 Å². The van der Waals surface area contributed by atoms with Gasteiger partial charge in [0, 0.05) is 32.6 Å². The average Bonchev–Trinajstić information content (AvgIpc) is 3.08. The summed E-state index contributed by atoms with van der Waals surface area (Å²) in [6, 6.07) is 31.6. The highest BCUT2D eigenvalue weighted by Crippen LogP contribution is 2.34. The second-order valence-electron chi connectivity index (χ2n) is 11.7. The Morgan fingerprint density at radius 1 is 0.660 bits per heavy atom. The molecule has 0 saturated carbocycles. The van der Waals surface area contributed by atoms with Crippen LogP contribution in [-0.2, 0) is 30.5 Å². The Hall–Kier alpha value is -3.54. The number of ether oxygens (including phenoxy) is 4. The molecule has 0 aromatic heterocycles. The van der Waals surface area contributed by atoms with E-state index >= 15 is 0 Å². The van der Waals surface area contributed by atoms with Gasteiger partial charge in [0.25, 0.3) is 0 Å². The summed E-state index contributed by atoms with van der Waals surface area (Å²) >= 11 is 0. The smallest absolute Gasteiger partial charge is 0.199 e. The fourth-order valence-corrected chi connectivity index (χ4v) is 7.72. The lowest BCUT2D eigenvalue weighted by molar-refractivity contribution is -0.106. The zero-order valence-corrected chi connectivity index (χ0v) is 28.8. The zero-order valence-electron chi connectivity index (χ0n) is 27.2. The topological polar surface area (TPSA) is 97.4 Å². The maximum absolute atomic E-state index is 10.4. The van der Waals surface area contributed by atoms with Crippen LogP contribution in [0.5, 0.6) is 11.5 Å². The van der Waals surface area contributed by atoms with E-state index in [1.54, 1.807) is 12.1 Å². The molecule has 2 aliphatic rings. The summed E-state index contributed by atoms with van der Waals surface area (Å²) in [7, 11) is -0.392. The van der Waals surface area contributed by atoms with Gasteiger partial charge in [-0.15, -0.1) is 0 Å². The third kappa shape index (κ3) is 10.2. The Labute approximate surface area is 281 Å². The minimum Gasteiger partial charge on any atom is -0.744 e. The van der Waals surface area contributed by atoms with Gasteiger partial charge in [0.1, 0.15) is 21.6 Å². The standard InChI is InChI=1S/C30H36NO4S.C7H8O3S/c1-31(2)23-9-15-26(16-10-23)36(27-17-11-24(12-18-27)34-29-7-3-5-21-32-29)28-19-13-25(14-20-28)35-30-8-4-6-22-33-30;1-6-2-4-7(5-3-6)11(8,9)10/h9-20,29-30H,3-8,21-22H2,1-2H3;2-5H,1H3,(H,8,9,10)/q+1;/p-1. The summed E-state index contributed by atoms with van der Waals surface area (Å²) in [5.41, 5.74) is 2.12. The molecular formula is C37H43NO7S2.